The van der Waals surface area contributed by atoms with E-state index in [1.54, 1.807) is 30.3 Å². The highest BCUT2D eigenvalue weighted by Crippen LogP contribution is 2.29. The molecular formula is C27H28N2O4. The van der Waals surface area contributed by atoms with Gasteiger partial charge in [0.15, 0.2) is 0 Å². The number of aromatic amines is 1. The van der Waals surface area contributed by atoms with Crippen molar-refractivity contribution in [3.63, 3.8) is 0 Å². The van der Waals surface area contributed by atoms with E-state index in [-0.39, 0.29) is 18.3 Å². The summed E-state index contributed by atoms with van der Waals surface area (Å²) in [6.45, 7) is 2.30. The Morgan fingerprint density at radius 2 is 1.88 bits per heavy atom. The lowest BCUT2D eigenvalue weighted by molar-refractivity contribution is 0.0912. The summed E-state index contributed by atoms with van der Waals surface area (Å²) in [4.78, 5) is 16.5. The fourth-order valence-corrected chi connectivity index (χ4v) is 3.90. The molecular weight excluding hydrogens is 416 g/mol. The number of aromatic hydroxyl groups is 1. The first-order valence-electron chi connectivity index (χ1n) is 11.1. The molecule has 0 fully saturated rings. The van der Waals surface area contributed by atoms with Gasteiger partial charge in [-0.3, -0.25) is 4.79 Å². The number of benzene rings is 3. The molecule has 1 atom stereocenters. The van der Waals surface area contributed by atoms with Crippen molar-refractivity contribution in [1.29, 1.82) is 0 Å². The number of hydrogen-bond donors (Lipinski definition) is 4. The normalized spacial score (nSPS) is 11.9. The van der Waals surface area contributed by atoms with E-state index in [1.165, 1.54) is 0 Å². The minimum absolute atomic E-state index is 0.156. The highest BCUT2D eigenvalue weighted by molar-refractivity contribution is 5.98. The van der Waals surface area contributed by atoms with Gasteiger partial charge in [-0.1, -0.05) is 43.3 Å². The van der Waals surface area contributed by atoms with E-state index in [1.807, 2.05) is 49.5 Å². The molecule has 0 saturated carbocycles. The summed E-state index contributed by atoms with van der Waals surface area (Å²) in [5.41, 5.74) is 4.02. The van der Waals surface area contributed by atoms with Crippen molar-refractivity contribution in [1.82, 2.24) is 10.3 Å². The molecule has 0 aliphatic heterocycles. The molecule has 170 valence electrons. The van der Waals surface area contributed by atoms with E-state index in [0.29, 0.717) is 24.3 Å². The number of fused-ring (bicyclic) bond motifs is 1. The molecule has 1 heterocycles. The Kier molecular flexibility index (Phi) is 6.95. The van der Waals surface area contributed by atoms with Crippen molar-refractivity contribution in [2.24, 2.45) is 0 Å². The standard InChI is InChI=1S/C27H28N2O4/c1-2-12-33-26-11-10-19(18-6-5-7-22(31)14-18)15-24(26)27(32)29-21(17-30)13-20-16-28-25-9-4-3-8-23(20)25/h3-11,14-16,21,28,30-31H,2,12-13,17H2,1H3,(H,29,32)/t21-/m1/s1. The van der Waals surface area contributed by atoms with Gasteiger partial charge in [0.1, 0.15) is 11.5 Å². The summed E-state index contributed by atoms with van der Waals surface area (Å²) >= 11 is 0. The largest absolute Gasteiger partial charge is 0.508 e. The molecule has 0 spiro atoms. The minimum Gasteiger partial charge on any atom is -0.508 e. The number of phenols is 1. The Bertz CT molecular complexity index is 1250. The van der Waals surface area contributed by atoms with Gasteiger partial charge in [-0.15, -0.1) is 0 Å². The number of phenolic OH excluding ortho intramolecular Hbond substituents is 1. The second kappa shape index (κ2) is 10.2. The van der Waals surface area contributed by atoms with E-state index >= 15 is 0 Å². The van der Waals surface area contributed by atoms with Crippen LogP contribution in [0.3, 0.4) is 0 Å². The molecule has 1 amide bonds. The summed E-state index contributed by atoms with van der Waals surface area (Å²) in [6.07, 6.45) is 3.22. The molecule has 33 heavy (non-hydrogen) atoms. The molecule has 4 aromatic rings. The number of nitrogens with one attached hydrogen (secondary N) is 2. The lowest BCUT2D eigenvalue weighted by Gasteiger charge is -2.18. The Morgan fingerprint density at radius 1 is 1.06 bits per heavy atom. The first-order valence-corrected chi connectivity index (χ1v) is 11.1. The molecule has 1 aromatic heterocycles. The van der Waals surface area contributed by atoms with Crippen molar-refractivity contribution in [3.8, 4) is 22.6 Å². The average Bonchev–Trinajstić information content (AvgIpc) is 3.25. The molecule has 3 aromatic carbocycles. The molecule has 6 nitrogen and oxygen atoms in total. The van der Waals surface area contributed by atoms with Gasteiger partial charge < -0.3 is 25.3 Å². The number of hydrogen-bond acceptors (Lipinski definition) is 4. The Balaban J connectivity index is 1.59. The minimum atomic E-state index is -0.458. The molecule has 0 unspecified atom stereocenters. The second-order valence-corrected chi connectivity index (χ2v) is 8.03. The molecule has 6 heteroatoms. The van der Waals surface area contributed by atoms with Crippen molar-refractivity contribution >= 4 is 16.8 Å². The third kappa shape index (κ3) is 5.18. The van der Waals surface area contributed by atoms with Crippen LogP contribution in [-0.2, 0) is 6.42 Å². The molecule has 0 bridgehead atoms. The van der Waals surface area contributed by atoms with Gasteiger partial charge >= 0.3 is 0 Å². The highest BCUT2D eigenvalue weighted by Gasteiger charge is 2.19. The Morgan fingerprint density at radius 3 is 2.67 bits per heavy atom. The van der Waals surface area contributed by atoms with Crippen molar-refractivity contribution in [3.05, 3.63) is 84.1 Å². The van der Waals surface area contributed by atoms with Crippen LogP contribution in [0.25, 0.3) is 22.0 Å². The van der Waals surface area contributed by atoms with Gasteiger partial charge in [-0.2, -0.15) is 0 Å². The Labute approximate surface area is 192 Å². The van der Waals surface area contributed by atoms with Gasteiger partial charge in [0.05, 0.1) is 24.8 Å². The maximum absolute atomic E-state index is 13.3. The SMILES string of the molecule is CCCOc1ccc(-c2cccc(O)c2)cc1C(=O)N[C@@H](CO)Cc1c[nH]c2ccccc12. The van der Waals surface area contributed by atoms with E-state index in [2.05, 4.69) is 10.3 Å². The summed E-state index contributed by atoms with van der Waals surface area (Å²) in [5.74, 6) is 0.327. The smallest absolute Gasteiger partial charge is 0.255 e. The lowest BCUT2D eigenvalue weighted by atomic mass is 10.0. The van der Waals surface area contributed by atoms with E-state index < -0.39 is 6.04 Å². The van der Waals surface area contributed by atoms with Crippen LogP contribution in [0.2, 0.25) is 0 Å². The number of aliphatic hydroxyl groups is 1. The number of carbonyl (C=O) groups excluding carboxylic acids is 1. The van der Waals surface area contributed by atoms with Crippen LogP contribution in [0, 0.1) is 0 Å². The van der Waals surface area contributed by atoms with Crippen LogP contribution in [0.4, 0.5) is 0 Å². The maximum Gasteiger partial charge on any atom is 0.255 e. The number of rotatable bonds is 9. The molecule has 0 aliphatic carbocycles. The number of ether oxygens (including phenoxy) is 1. The van der Waals surface area contributed by atoms with Crippen LogP contribution in [0.5, 0.6) is 11.5 Å². The van der Waals surface area contributed by atoms with Crippen molar-refractivity contribution in [2.45, 2.75) is 25.8 Å². The van der Waals surface area contributed by atoms with E-state index in [0.717, 1.165) is 34.0 Å². The Hall–Kier alpha value is -3.77. The molecule has 0 aliphatic rings. The molecule has 4 N–H and O–H groups in total. The zero-order chi connectivity index (χ0) is 23.2. The van der Waals surface area contributed by atoms with Gasteiger partial charge in [-0.05, 0) is 59.9 Å². The summed E-state index contributed by atoms with van der Waals surface area (Å²) in [6, 6.07) is 19.8. The van der Waals surface area contributed by atoms with Gasteiger partial charge in [0, 0.05) is 17.1 Å². The van der Waals surface area contributed by atoms with Crippen molar-refractivity contribution in [2.75, 3.05) is 13.2 Å². The maximum atomic E-state index is 13.3. The first-order chi connectivity index (χ1) is 16.1. The third-order valence-corrected chi connectivity index (χ3v) is 5.56. The van der Waals surface area contributed by atoms with Crippen LogP contribution >= 0.6 is 0 Å². The predicted molar refractivity (Wildman–Crippen MR) is 130 cm³/mol. The predicted octanol–water partition coefficient (Wildman–Crippen LogP) is 4.66. The van der Waals surface area contributed by atoms with E-state index in [4.69, 9.17) is 4.74 Å². The van der Waals surface area contributed by atoms with E-state index in [9.17, 15) is 15.0 Å². The lowest BCUT2D eigenvalue weighted by Crippen LogP contribution is -2.39. The molecule has 4 rings (SSSR count). The average molecular weight is 445 g/mol. The summed E-state index contributed by atoms with van der Waals surface area (Å²) in [7, 11) is 0. The number of amides is 1. The van der Waals surface area contributed by atoms with Crippen LogP contribution < -0.4 is 10.1 Å². The zero-order valence-electron chi connectivity index (χ0n) is 18.5. The number of carbonyl (C=O) groups is 1. The molecule has 0 radical (unpaired) electrons. The van der Waals surface area contributed by atoms with Gasteiger partial charge in [0.2, 0.25) is 0 Å². The monoisotopic (exact) mass is 444 g/mol. The van der Waals surface area contributed by atoms with Crippen molar-refractivity contribution < 1.29 is 19.7 Å². The summed E-state index contributed by atoms with van der Waals surface area (Å²) < 4.78 is 5.82. The topological polar surface area (TPSA) is 94.6 Å². The molecule has 0 saturated heterocycles. The van der Waals surface area contributed by atoms with Crippen LogP contribution in [0.15, 0.2) is 72.9 Å². The van der Waals surface area contributed by atoms with Crippen LogP contribution in [0.1, 0.15) is 29.3 Å². The quantitative estimate of drug-likeness (QED) is 0.302. The van der Waals surface area contributed by atoms with Gasteiger partial charge in [0.25, 0.3) is 5.91 Å². The fourth-order valence-electron chi connectivity index (χ4n) is 3.90. The fraction of sp³-hybridized carbons (Fsp3) is 0.222. The number of para-hydroxylation sites is 1. The number of H-pyrrole nitrogens is 1. The number of aliphatic hydroxyl groups excluding tert-OH is 1. The summed E-state index contributed by atoms with van der Waals surface area (Å²) in [5, 5.41) is 23.9. The van der Waals surface area contributed by atoms with Crippen LogP contribution in [-0.4, -0.2) is 40.4 Å². The number of aromatic nitrogens is 1. The first kappa shape index (κ1) is 22.4. The highest BCUT2D eigenvalue weighted by atomic mass is 16.5. The third-order valence-electron chi connectivity index (χ3n) is 5.56. The zero-order valence-corrected chi connectivity index (χ0v) is 18.5. The second-order valence-electron chi connectivity index (χ2n) is 8.03. The van der Waals surface area contributed by atoms with Gasteiger partial charge in [-0.25, -0.2) is 0 Å².